The Labute approximate surface area is 116 Å². The van der Waals surface area contributed by atoms with Gasteiger partial charge in [0.1, 0.15) is 17.3 Å². The van der Waals surface area contributed by atoms with Crippen LogP contribution in [0.3, 0.4) is 0 Å². The molecular formula is C14H15N3O3. The van der Waals surface area contributed by atoms with Crippen LogP contribution in [0, 0.1) is 0 Å². The van der Waals surface area contributed by atoms with Gasteiger partial charge in [0.15, 0.2) is 0 Å². The number of nitrogens with zero attached hydrogens (tertiary/aromatic N) is 1. The Hall–Kier alpha value is -2.60. The van der Waals surface area contributed by atoms with Crippen LogP contribution in [0.15, 0.2) is 36.5 Å². The second kappa shape index (κ2) is 6.03. The topological polar surface area (TPSA) is 97.5 Å². The summed E-state index contributed by atoms with van der Waals surface area (Å²) >= 11 is 0. The first-order chi connectivity index (χ1) is 9.63. The van der Waals surface area contributed by atoms with E-state index in [9.17, 15) is 9.90 Å². The van der Waals surface area contributed by atoms with Crippen molar-refractivity contribution in [1.82, 2.24) is 4.98 Å². The normalized spacial score (nSPS) is 10.1. The van der Waals surface area contributed by atoms with Crippen LogP contribution < -0.4 is 15.8 Å². The number of aromatic nitrogens is 1. The lowest BCUT2D eigenvalue weighted by Gasteiger charge is -2.08. The Kier molecular flexibility index (Phi) is 4.17. The highest BCUT2D eigenvalue weighted by Crippen LogP contribution is 2.23. The van der Waals surface area contributed by atoms with Crippen molar-refractivity contribution in [3.8, 4) is 11.5 Å². The maximum atomic E-state index is 12.1. The number of hydrogen-bond donors (Lipinski definition) is 3. The van der Waals surface area contributed by atoms with E-state index in [0.717, 1.165) is 5.56 Å². The molecule has 104 valence electrons. The van der Waals surface area contributed by atoms with Crippen molar-refractivity contribution in [1.29, 1.82) is 0 Å². The Morgan fingerprint density at radius 3 is 2.80 bits per heavy atom. The fourth-order valence-corrected chi connectivity index (χ4v) is 1.63. The monoisotopic (exact) mass is 273 g/mol. The maximum Gasteiger partial charge on any atom is 0.260 e. The molecule has 2 aromatic rings. The molecule has 6 nitrogen and oxygen atoms in total. The quantitative estimate of drug-likeness (QED) is 0.784. The van der Waals surface area contributed by atoms with E-state index in [4.69, 9.17) is 10.5 Å². The third kappa shape index (κ3) is 3.04. The number of aromatic hydroxyl groups is 1. The molecule has 0 atom stereocenters. The van der Waals surface area contributed by atoms with Crippen molar-refractivity contribution in [2.24, 2.45) is 5.73 Å². The van der Waals surface area contributed by atoms with Crippen LogP contribution in [0.5, 0.6) is 11.5 Å². The lowest BCUT2D eigenvalue weighted by atomic mass is 10.1. The van der Waals surface area contributed by atoms with Crippen molar-refractivity contribution >= 4 is 11.7 Å². The number of carbonyl (C=O) groups excluding carboxylic acids is 1. The SMILES string of the molecule is COc1ccc(O)c(C(=O)Nc2ccc(CN)cn2)c1. The molecule has 0 fully saturated rings. The number of methoxy groups -OCH3 is 1. The molecule has 0 saturated heterocycles. The molecule has 6 heteroatoms. The summed E-state index contributed by atoms with van der Waals surface area (Å²) in [5.74, 6) is 0.282. The van der Waals surface area contributed by atoms with E-state index in [-0.39, 0.29) is 11.3 Å². The van der Waals surface area contributed by atoms with E-state index in [1.807, 2.05) is 0 Å². The summed E-state index contributed by atoms with van der Waals surface area (Å²) in [4.78, 5) is 16.1. The minimum Gasteiger partial charge on any atom is -0.507 e. The highest BCUT2D eigenvalue weighted by molar-refractivity contribution is 6.05. The van der Waals surface area contributed by atoms with Crippen LogP contribution in [0.4, 0.5) is 5.82 Å². The minimum atomic E-state index is -0.464. The van der Waals surface area contributed by atoms with Crippen molar-refractivity contribution in [2.45, 2.75) is 6.54 Å². The molecule has 0 aliphatic heterocycles. The summed E-state index contributed by atoms with van der Waals surface area (Å²) in [6.45, 7) is 0.387. The first-order valence-electron chi connectivity index (χ1n) is 5.97. The van der Waals surface area contributed by atoms with E-state index in [0.29, 0.717) is 18.1 Å². The number of pyridine rings is 1. The van der Waals surface area contributed by atoms with Gasteiger partial charge in [0.25, 0.3) is 5.91 Å². The number of phenols is 1. The van der Waals surface area contributed by atoms with Crippen LogP contribution in [0.25, 0.3) is 0 Å². The summed E-state index contributed by atoms with van der Waals surface area (Å²) in [5, 5.41) is 12.3. The fraction of sp³-hybridized carbons (Fsp3) is 0.143. The highest BCUT2D eigenvalue weighted by atomic mass is 16.5. The van der Waals surface area contributed by atoms with Gasteiger partial charge in [0, 0.05) is 12.7 Å². The van der Waals surface area contributed by atoms with Gasteiger partial charge in [-0.25, -0.2) is 4.98 Å². The minimum absolute atomic E-state index is 0.119. The average molecular weight is 273 g/mol. The molecule has 1 amide bonds. The van der Waals surface area contributed by atoms with Crippen LogP contribution in [0.2, 0.25) is 0 Å². The van der Waals surface area contributed by atoms with Gasteiger partial charge < -0.3 is 20.9 Å². The number of carbonyl (C=O) groups is 1. The number of nitrogens with one attached hydrogen (secondary N) is 1. The summed E-state index contributed by atoms with van der Waals surface area (Å²) in [5.41, 5.74) is 6.46. The standard InChI is InChI=1S/C14H15N3O3/c1-20-10-3-4-12(18)11(6-10)14(19)17-13-5-2-9(7-15)8-16-13/h2-6,8,18H,7,15H2,1H3,(H,16,17,19). The third-order valence-electron chi connectivity index (χ3n) is 2.75. The van der Waals surface area contributed by atoms with Gasteiger partial charge in [-0.1, -0.05) is 6.07 Å². The smallest absolute Gasteiger partial charge is 0.260 e. The van der Waals surface area contributed by atoms with Gasteiger partial charge >= 0.3 is 0 Å². The number of anilines is 1. The number of phenolic OH excluding ortho intramolecular Hbond substituents is 1. The predicted molar refractivity (Wildman–Crippen MR) is 74.7 cm³/mol. The summed E-state index contributed by atoms with van der Waals surface area (Å²) in [7, 11) is 1.49. The van der Waals surface area contributed by atoms with Crippen LogP contribution >= 0.6 is 0 Å². The number of hydrogen-bond acceptors (Lipinski definition) is 5. The number of nitrogens with two attached hydrogens (primary N) is 1. The third-order valence-corrected chi connectivity index (χ3v) is 2.75. The van der Waals surface area contributed by atoms with Crippen LogP contribution in [-0.2, 0) is 6.54 Å². The fourth-order valence-electron chi connectivity index (χ4n) is 1.63. The van der Waals surface area contributed by atoms with Gasteiger partial charge in [-0.3, -0.25) is 4.79 Å². The lowest BCUT2D eigenvalue weighted by Crippen LogP contribution is -2.13. The molecule has 0 spiro atoms. The molecule has 0 radical (unpaired) electrons. The van der Waals surface area contributed by atoms with Crippen LogP contribution in [-0.4, -0.2) is 23.1 Å². The largest absolute Gasteiger partial charge is 0.507 e. The van der Waals surface area contributed by atoms with E-state index >= 15 is 0 Å². The predicted octanol–water partition coefficient (Wildman–Crippen LogP) is 1.51. The molecule has 4 N–H and O–H groups in total. The summed E-state index contributed by atoms with van der Waals surface area (Å²) in [6, 6.07) is 7.85. The molecule has 0 unspecified atom stereocenters. The number of benzene rings is 1. The second-order valence-electron chi connectivity index (χ2n) is 4.09. The molecule has 0 bridgehead atoms. The highest BCUT2D eigenvalue weighted by Gasteiger charge is 2.13. The molecular weight excluding hydrogens is 258 g/mol. The van der Waals surface area contributed by atoms with Gasteiger partial charge in [-0.15, -0.1) is 0 Å². The molecule has 0 aliphatic rings. The summed E-state index contributed by atoms with van der Waals surface area (Å²) < 4.78 is 5.02. The zero-order valence-electron chi connectivity index (χ0n) is 11.0. The molecule has 1 heterocycles. The van der Waals surface area contributed by atoms with Crippen molar-refractivity contribution in [2.75, 3.05) is 12.4 Å². The average Bonchev–Trinajstić information content (AvgIpc) is 2.48. The lowest BCUT2D eigenvalue weighted by molar-refractivity contribution is 0.102. The Bertz CT molecular complexity index is 612. The van der Waals surface area contributed by atoms with Gasteiger partial charge in [0.2, 0.25) is 0 Å². The molecule has 2 rings (SSSR count). The zero-order chi connectivity index (χ0) is 14.5. The molecule has 0 aliphatic carbocycles. The number of amides is 1. The van der Waals surface area contributed by atoms with E-state index in [2.05, 4.69) is 10.3 Å². The van der Waals surface area contributed by atoms with Crippen molar-refractivity contribution < 1.29 is 14.6 Å². The molecule has 20 heavy (non-hydrogen) atoms. The number of rotatable bonds is 4. The second-order valence-corrected chi connectivity index (χ2v) is 4.09. The van der Waals surface area contributed by atoms with Gasteiger partial charge in [-0.2, -0.15) is 0 Å². The van der Waals surface area contributed by atoms with Crippen molar-refractivity contribution in [3.63, 3.8) is 0 Å². The van der Waals surface area contributed by atoms with Gasteiger partial charge in [-0.05, 0) is 29.8 Å². The first-order valence-corrected chi connectivity index (χ1v) is 5.97. The zero-order valence-corrected chi connectivity index (χ0v) is 11.0. The van der Waals surface area contributed by atoms with Crippen molar-refractivity contribution in [3.05, 3.63) is 47.7 Å². The van der Waals surface area contributed by atoms with Crippen LogP contribution in [0.1, 0.15) is 15.9 Å². The Balaban J connectivity index is 2.18. The van der Waals surface area contributed by atoms with E-state index in [1.165, 1.54) is 19.2 Å². The Morgan fingerprint density at radius 2 is 2.20 bits per heavy atom. The van der Waals surface area contributed by atoms with Gasteiger partial charge in [0.05, 0.1) is 12.7 Å². The number of ether oxygens (including phenoxy) is 1. The Morgan fingerprint density at radius 1 is 1.40 bits per heavy atom. The molecule has 1 aromatic heterocycles. The summed E-state index contributed by atoms with van der Waals surface area (Å²) in [6.07, 6.45) is 1.58. The maximum absolute atomic E-state index is 12.1. The molecule has 1 aromatic carbocycles. The van der Waals surface area contributed by atoms with E-state index < -0.39 is 5.91 Å². The molecule has 0 saturated carbocycles. The van der Waals surface area contributed by atoms with E-state index in [1.54, 1.807) is 24.4 Å². The first kappa shape index (κ1) is 13.8.